The number of nitrogens with one attached hydrogen (secondary N) is 1. The normalized spacial score (nSPS) is 15.6. The molecule has 0 radical (unpaired) electrons. The highest BCUT2D eigenvalue weighted by Crippen LogP contribution is 2.17. The van der Waals surface area contributed by atoms with E-state index in [1.165, 1.54) is 30.5 Å². The first-order chi connectivity index (χ1) is 10.4. The molecule has 0 spiro atoms. The second kappa shape index (κ2) is 7.74. The molecule has 0 unspecified atom stereocenters. The maximum absolute atomic E-state index is 3.58. The molecular weight excluding hydrogens is 276 g/mol. The van der Waals surface area contributed by atoms with Gasteiger partial charge in [0.05, 0.1) is 0 Å². The quantitative estimate of drug-likeness (QED) is 0.823. The van der Waals surface area contributed by atoms with Crippen LogP contribution in [0.1, 0.15) is 23.1 Å². The molecule has 1 aliphatic heterocycles. The summed E-state index contributed by atoms with van der Waals surface area (Å²) < 4.78 is 0. The van der Waals surface area contributed by atoms with E-state index in [9.17, 15) is 0 Å². The zero-order valence-electron chi connectivity index (χ0n) is 12.6. The summed E-state index contributed by atoms with van der Waals surface area (Å²) in [5.41, 5.74) is 4.52. The number of rotatable bonds is 6. The van der Waals surface area contributed by atoms with Crippen LogP contribution in [-0.4, -0.2) is 31.1 Å². The predicted molar refractivity (Wildman–Crippen MR) is 90.9 cm³/mol. The van der Waals surface area contributed by atoms with Crippen LogP contribution in [0, 0.1) is 0 Å². The summed E-state index contributed by atoms with van der Waals surface area (Å²) in [6, 6.07) is 11.1. The smallest absolute Gasteiger partial charge is 0.0237 e. The van der Waals surface area contributed by atoms with Crippen LogP contribution < -0.4 is 5.32 Å². The molecule has 0 bridgehead atoms. The van der Waals surface area contributed by atoms with E-state index in [0.717, 1.165) is 32.6 Å². The van der Waals surface area contributed by atoms with Crippen LogP contribution >= 0.6 is 11.3 Å². The fourth-order valence-electron chi connectivity index (χ4n) is 2.99. The van der Waals surface area contributed by atoms with Crippen LogP contribution in [0.2, 0.25) is 0 Å². The van der Waals surface area contributed by atoms with E-state index in [4.69, 9.17) is 0 Å². The zero-order valence-corrected chi connectivity index (χ0v) is 13.4. The van der Waals surface area contributed by atoms with Gasteiger partial charge in [-0.3, -0.25) is 4.90 Å². The van der Waals surface area contributed by atoms with Crippen LogP contribution in [0.25, 0.3) is 0 Å². The average Bonchev–Trinajstić information content (AvgIpc) is 2.93. The minimum absolute atomic E-state index is 1.08. The molecule has 0 aliphatic carbocycles. The molecule has 1 aromatic heterocycles. The van der Waals surface area contributed by atoms with Crippen molar-refractivity contribution < 1.29 is 0 Å². The van der Waals surface area contributed by atoms with Gasteiger partial charge in [-0.1, -0.05) is 24.3 Å². The van der Waals surface area contributed by atoms with Crippen molar-refractivity contribution in [2.75, 3.05) is 26.2 Å². The first-order valence-corrected chi connectivity index (χ1v) is 8.87. The van der Waals surface area contributed by atoms with Crippen molar-refractivity contribution in [2.24, 2.45) is 0 Å². The minimum Gasteiger partial charge on any atom is -0.315 e. The topological polar surface area (TPSA) is 15.3 Å². The molecule has 3 heteroatoms. The van der Waals surface area contributed by atoms with Crippen LogP contribution in [0.4, 0.5) is 0 Å². The van der Waals surface area contributed by atoms with Crippen molar-refractivity contribution in [2.45, 2.75) is 25.8 Å². The van der Waals surface area contributed by atoms with Crippen LogP contribution in [-0.2, 0) is 19.4 Å². The number of aryl methyl sites for hydroxylation is 1. The molecule has 2 aromatic rings. The number of nitrogens with zero attached hydrogens (tertiary/aromatic N) is 1. The lowest BCUT2D eigenvalue weighted by Gasteiger charge is -2.20. The van der Waals surface area contributed by atoms with Gasteiger partial charge in [0.25, 0.3) is 0 Å². The number of hydrogen-bond donors (Lipinski definition) is 1. The van der Waals surface area contributed by atoms with E-state index in [1.54, 1.807) is 16.9 Å². The van der Waals surface area contributed by atoms with E-state index in [-0.39, 0.29) is 0 Å². The van der Waals surface area contributed by atoms with Gasteiger partial charge in [-0.25, -0.2) is 0 Å². The molecule has 0 saturated carbocycles. The van der Waals surface area contributed by atoms with Gasteiger partial charge >= 0.3 is 0 Å². The standard InChI is InChI=1S/C18H24N2S/c1-2-5-18-14-20(11-3-6-17(18)4-1)12-10-19-9-7-16-8-13-21-15-16/h1-2,4-5,8,13,15,19H,3,6-7,9-12,14H2. The van der Waals surface area contributed by atoms with Gasteiger partial charge in [0.15, 0.2) is 0 Å². The predicted octanol–water partition coefficient (Wildman–Crippen LogP) is 3.33. The number of benzene rings is 1. The van der Waals surface area contributed by atoms with Crippen molar-refractivity contribution in [1.29, 1.82) is 0 Å². The highest BCUT2D eigenvalue weighted by molar-refractivity contribution is 7.07. The Kier molecular flexibility index (Phi) is 5.44. The molecule has 2 heterocycles. The fraction of sp³-hybridized carbons (Fsp3) is 0.444. The van der Waals surface area contributed by atoms with E-state index in [1.807, 2.05) is 0 Å². The molecule has 1 N–H and O–H groups in total. The molecule has 2 nitrogen and oxygen atoms in total. The molecule has 0 amide bonds. The lowest BCUT2D eigenvalue weighted by Crippen LogP contribution is -2.32. The molecule has 112 valence electrons. The fourth-order valence-corrected chi connectivity index (χ4v) is 3.69. The molecule has 1 aliphatic rings. The summed E-state index contributed by atoms with van der Waals surface area (Å²) in [7, 11) is 0. The average molecular weight is 300 g/mol. The molecule has 21 heavy (non-hydrogen) atoms. The summed E-state index contributed by atoms with van der Waals surface area (Å²) in [6.45, 7) is 5.66. The Morgan fingerprint density at radius 1 is 1.10 bits per heavy atom. The van der Waals surface area contributed by atoms with Crippen LogP contribution in [0.15, 0.2) is 41.1 Å². The molecule has 0 saturated heterocycles. The van der Waals surface area contributed by atoms with Crippen molar-refractivity contribution in [1.82, 2.24) is 10.2 Å². The Morgan fingerprint density at radius 3 is 2.86 bits per heavy atom. The number of hydrogen-bond acceptors (Lipinski definition) is 3. The summed E-state index contributed by atoms with van der Waals surface area (Å²) in [5, 5.41) is 7.98. The van der Waals surface area contributed by atoms with E-state index in [0.29, 0.717) is 0 Å². The van der Waals surface area contributed by atoms with Crippen molar-refractivity contribution in [3.8, 4) is 0 Å². The maximum Gasteiger partial charge on any atom is 0.0237 e. The third-order valence-corrected chi connectivity index (χ3v) is 4.94. The highest BCUT2D eigenvalue weighted by Gasteiger charge is 2.13. The minimum atomic E-state index is 1.08. The molecule has 1 aromatic carbocycles. The van der Waals surface area contributed by atoms with E-state index >= 15 is 0 Å². The maximum atomic E-state index is 3.58. The van der Waals surface area contributed by atoms with Gasteiger partial charge in [-0.05, 0) is 65.9 Å². The first-order valence-electron chi connectivity index (χ1n) is 7.93. The van der Waals surface area contributed by atoms with Crippen molar-refractivity contribution in [3.05, 3.63) is 57.8 Å². The van der Waals surface area contributed by atoms with Gasteiger partial charge < -0.3 is 5.32 Å². The zero-order chi connectivity index (χ0) is 14.3. The third kappa shape index (κ3) is 4.40. The lowest BCUT2D eigenvalue weighted by atomic mass is 10.0. The Morgan fingerprint density at radius 2 is 2.00 bits per heavy atom. The Balaban J connectivity index is 1.39. The molecule has 3 rings (SSSR count). The Hall–Kier alpha value is -1.16. The summed E-state index contributed by atoms with van der Waals surface area (Å²) >= 11 is 1.79. The van der Waals surface area contributed by atoms with E-state index < -0.39 is 0 Å². The van der Waals surface area contributed by atoms with Crippen LogP contribution in [0.3, 0.4) is 0 Å². The number of thiophene rings is 1. The monoisotopic (exact) mass is 300 g/mol. The molecule has 0 fully saturated rings. The second-order valence-electron chi connectivity index (χ2n) is 5.78. The lowest BCUT2D eigenvalue weighted by molar-refractivity contribution is 0.269. The Labute approximate surface area is 131 Å². The number of fused-ring (bicyclic) bond motifs is 1. The molecule has 0 atom stereocenters. The largest absolute Gasteiger partial charge is 0.315 e. The van der Waals surface area contributed by atoms with Gasteiger partial charge in [0.2, 0.25) is 0 Å². The summed E-state index contributed by atoms with van der Waals surface area (Å²) in [4.78, 5) is 2.59. The SMILES string of the molecule is c1ccc2c(c1)CCCN(CCNCCc1ccsc1)C2. The highest BCUT2D eigenvalue weighted by atomic mass is 32.1. The van der Waals surface area contributed by atoms with Gasteiger partial charge in [-0.15, -0.1) is 0 Å². The van der Waals surface area contributed by atoms with Gasteiger partial charge in [0, 0.05) is 19.6 Å². The summed E-state index contributed by atoms with van der Waals surface area (Å²) in [5.74, 6) is 0. The van der Waals surface area contributed by atoms with Gasteiger partial charge in [-0.2, -0.15) is 11.3 Å². The second-order valence-corrected chi connectivity index (χ2v) is 6.56. The van der Waals surface area contributed by atoms with Crippen molar-refractivity contribution in [3.63, 3.8) is 0 Å². The molecular formula is C18H24N2S. The van der Waals surface area contributed by atoms with Crippen molar-refractivity contribution >= 4 is 11.3 Å². The first kappa shape index (κ1) is 14.8. The summed E-state index contributed by atoms with van der Waals surface area (Å²) in [6.07, 6.45) is 3.66. The third-order valence-electron chi connectivity index (χ3n) is 4.21. The van der Waals surface area contributed by atoms with Gasteiger partial charge in [0.1, 0.15) is 0 Å². The van der Waals surface area contributed by atoms with Crippen LogP contribution in [0.5, 0.6) is 0 Å². The Bertz CT molecular complexity index is 536. The van der Waals surface area contributed by atoms with E-state index in [2.05, 4.69) is 51.3 Å².